The van der Waals surface area contributed by atoms with Gasteiger partial charge in [0.1, 0.15) is 24.7 Å². The van der Waals surface area contributed by atoms with Gasteiger partial charge in [-0.1, -0.05) is 92.5 Å². The van der Waals surface area contributed by atoms with Gasteiger partial charge in [0.25, 0.3) is 0 Å². The number of ether oxygens (including phenoxy) is 1. The Bertz CT molecular complexity index is 2290. The van der Waals surface area contributed by atoms with Crippen molar-refractivity contribution in [2.24, 2.45) is 0 Å². The second kappa shape index (κ2) is 25.8. The van der Waals surface area contributed by atoms with Crippen molar-refractivity contribution in [3.05, 3.63) is 71.2 Å². The summed E-state index contributed by atoms with van der Waals surface area (Å²) < 4.78 is 6.82. The van der Waals surface area contributed by atoms with Crippen LogP contribution >= 0.6 is 22.7 Å². The number of aromatic nitrogens is 4. The van der Waals surface area contributed by atoms with Gasteiger partial charge in [-0.25, -0.2) is 19.6 Å². The molecule has 330 valence electrons. The molecule has 61 heavy (non-hydrogen) atoms. The van der Waals surface area contributed by atoms with Crippen molar-refractivity contribution in [2.75, 3.05) is 33.3 Å². The minimum Gasteiger partial charge on any atom is -0.465 e. The van der Waals surface area contributed by atoms with Gasteiger partial charge < -0.3 is 40.2 Å². The molecular formula is C45H62N8O6S2. The molecule has 2 aromatic carbocycles. The molecule has 4 amide bonds. The number of aromatic amines is 2. The molecule has 0 saturated heterocycles. The molecule has 0 spiro atoms. The molecule has 0 aliphatic carbocycles. The normalized spacial score (nSPS) is 10.4. The highest BCUT2D eigenvalue weighted by molar-refractivity contribution is 7.18. The van der Waals surface area contributed by atoms with E-state index in [9.17, 15) is 19.2 Å². The average Bonchev–Trinajstić information content (AvgIpc) is 4.11. The van der Waals surface area contributed by atoms with Crippen LogP contribution in [0.4, 0.5) is 9.59 Å². The molecule has 0 fully saturated rings. The summed E-state index contributed by atoms with van der Waals surface area (Å²) in [6.45, 7) is 17.5. The molecule has 14 nitrogen and oxygen atoms in total. The monoisotopic (exact) mass is 874 g/mol. The van der Waals surface area contributed by atoms with Crippen LogP contribution in [-0.4, -0.2) is 92.1 Å². The van der Waals surface area contributed by atoms with Gasteiger partial charge in [0, 0.05) is 50.0 Å². The molecule has 5 N–H and O–H groups in total. The van der Waals surface area contributed by atoms with E-state index in [1.54, 1.807) is 44.9 Å². The number of alkyl carbamates (subject to hydrolysis) is 1. The van der Waals surface area contributed by atoms with Crippen molar-refractivity contribution >= 4 is 66.8 Å². The number of fused-ring (bicyclic) bond motifs is 2. The number of hydrogen-bond donors (Lipinski definition) is 5. The molecule has 0 unspecified atom stereocenters. The number of nitrogens with zero attached hydrogens (tertiary/aromatic N) is 4. The maximum atomic E-state index is 12.8. The number of carboxylic acid groups (broad SMARTS) is 1. The first-order valence-electron chi connectivity index (χ1n) is 21.0. The third kappa shape index (κ3) is 13.6. The van der Waals surface area contributed by atoms with E-state index in [4.69, 9.17) is 5.11 Å². The molecule has 6 rings (SSSR count). The van der Waals surface area contributed by atoms with E-state index < -0.39 is 12.2 Å². The third-order valence-electron chi connectivity index (χ3n) is 8.69. The maximum Gasteiger partial charge on any atom is 0.407 e. The van der Waals surface area contributed by atoms with E-state index in [1.165, 1.54) is 20.0 Å². The number of methoxy groups -OCH3 is 1. The molecule has 4 aromatic heterocycles. The second-order valence-corrected chi connectivity index (χ2v) is 15.5. The predicted octanol–water partition coefficient (Wildman–Crippen LogP) is 10.5. The van der Waals surface area contributed by atoms with Crippen LogP contribution in [-0.2, 0) is 27.4 Å². The number of carbonyl (C=O) groups is 4. The van der Waals surface area contributed by atoms with Crippen molar-refractivity contribution in [1.29, 1.82) is 0 Å². The minimum absolute atomic E-state index is 0.159. The molecular weight excluding hydrogens is 813 g/mol. The molecule has 0 atom stereocenters. The number of thiophene rings is 2. The Labute approximate surface area is 367 Å². The van der Waals surface area contributed by atoms with E-state index in [0.29, 0.717) is 24.7 Å². The van der Waals surface area contributed by atoms with E-state index >= 15 is 0 Å². The van der Waals surface area contributed by atoms with Gasteiger partial charge in [-0.2, -0.15) is 0 Å². The summed E-state index contributed by atoms with van der Waals surface area (Å²) in [7, 11) is 1.26. The fraction of sp³-hybridized carbons (Fsp3) is 0.422. The zero-order chi connectivity index (χ0) is 44.9. The van der Waals surface area contributed by atoms with Crippen LogP contribution in [0.25, 0.3) is 53.8 Å². The Balaban J connectivity index is 0.00000116. The zero-order valence-electron chi connectivity index (χ0n) is 36.9. The average molecular weight is 875 g/mol. The van der Waals surface area contributed by atoms with Crippen LogP contribution in [0.15, 0.2) is 59.6 Å². The lowest BCUT2D eigenvalue weighted by Crippen LogP contribution is -2.40. The second-order valence-electron chi connectivity index (χ2n) is 13.7. The number of H-pyrrole nitrogens is 2. The first kappa shape index (κ1) is 49.6. The van der Waals surface area contributed by atoms with E-state index in [1.807, 2.05) is 27.7 Å². The summed E-state index contributed by atoms with van der Waals surface area (Å²) in [5, 5.41) is 19.9. The number of nitrogens with one attached hydrogen (secondary N) is 4. The number of carbonyl (C=O) groups excluding carboxylic acids is 3. The Morgan fingerprint density at radius 1 is 0.656 bits per heavy atom. The number of imidazole rings is 2. The first-order valence-corrected chi connectivity index (χ1v) is 22.7. The van der Waals surface area contributed by atoms with E-state index in [2.05, 4.69) is 110 Å². The van der Waals surface area contributed by atoms with Crippen molar-refractivity contribution in [2.45, 2.75) is 94.2 Å². The van der Waals surface area contributed by atoms with Crippen LogP contribution in [0.1, 0.15) is 92.7 Å². The molecule has 4 heterocycles. The van der Waals surface area contributed by atoms with Gasteiger partial charge >= 0.3 is 12.2 Å². The third-order valence-corrected chi connectivity index (χ3v) is 10.6. The van der Waals surface area contributed by atoms with Crippen molar-refractivity contribution < 1.29 is 29.0 Å². The van der Waals surface area contributed by atoms with Crippen LogP contribution in [0.3, 0.4) is 0 Å². The van der Waals surface area contributed by atoms with E-state index in [0.717, 1.165) is 66.7 Å². The Morgan fingerprint density at radius 3 is 1.57 bits per heavy atom. The van der Waals surface area contributed by atoms with E-state index in [-0.39, 0.29) is 38.0 Å². The standard InChI is InChI=1S/C37H40N8O6S2.2C3H8.C2H6/c1-4-12-44(32(46)18-40-36(48)49)21-31-39-17-29(43-31)27-9-6-22(25-10-14-53-35(25)27)24-8-7-23(26-11-15-52-34(24)26)28-16-38-30(42-28)20-45(13-5-2)33(47)19-41-37(50)51-3;2*1-3-2;1-2/h6-11,14-17,40H,4-5,12-13,18-21H2,1-3H3,(H,38,42)(H,39,43)(H,41,50)(H,48,49);2*3H2,1-2H3;1-2H3. The quantitative estimate of drug-likeness (QED) is 0.0674. The number of hydrogen-bond acceptors (Lipinski definition) is 9. The van der Waals surface area contributed by atoms with Crippen LogP contribution < -0.4 is 10.6 Å². The van der Waals surface area contributed by atoms with Crippen molar-refractivity contribution in [1.82, 2.24) is 40.4 Å². The smallest absolute Gasteiger partial charge is 0.407 e. The largest absolute Gasteiger partial charge is 0.465 e. The van der Waals surface area contributed by atoms with Gasteiger partial charge in [0.2, 0.25) is 11.8 Å². The van der Waals surface area contributed by atoms with Crippen LogP contribution in [0.2, 0.25) is 0 Å². The fourth-order valence-electron chi connectivity index (χ4n) is 6.26. The lowest BCUT2D eigenvalue weighted by atomic mass is 9.96. The van der Waals surface area contributed by atoms with Gasteiger partial charge in [-0.15, -0.1) is 22.7 Å². The van der Waals surface area contributed by atoms with Crippen LogP contribution in [0, 0.1) is 0 Å². The zero-order valence-corrected chi connectivity index (χ0v) is 38.6. The molecule has 6 aromatic rings. The van der Waals surface area contributed by atoms with Crippen molar-refractivity contribution in [3.63, 3.8) is 0 Å². The first-order chi connectivity index (χ1) is 29.5. The van der Waals surface area contributed by atoms with Gasteiger partial charge in [0.15, 0.2) is 0 Å². The molecule has 16 heteroatoms. The summed E-state index contributed by atoms with van der Waals surface area (Å²) in [6.07, 6.45) is 5.65. The summed E-state index contributed by atoms with van der Waals surface area (Å²) in [5.41, 5.74) is 5.89. The molecule has 0 bridgehead atoms. The summed E-state index contributed by atoms with van der Waals surface area (Å²) in [4.78, 5) is 67.1. The number of benzene rings is 2. The summed E-state index contributed by atoms with van der Waals surface area (Å²) in [6, 6.07) is 12.7. The molecule has 0 aliphatic heterocycles. The maximum absolute atomic E-state index is 12.8. The highest BCUT2D eigenvalue weighted by Crippen LogP contribution is 2.43. The van der Waals surface area contributed by atoms with Crippen molar-refractivity contribution in [3.8, 4) is 33.6 Å². The Kier molecular flexibility index (Phi) is 21.0. The van der Waals surface area contributed by atoms with Gasteiger partial charge in [-0.05, 0) is 41.3 Å². The molecule has 0 aliphatic rings. The summed E-state index contributed by atoms with van der Waals surface area (Å²) >= 11 is 3.32. The Morgan fingerprint density at radius 2 is 1.08 bits per heavy atom. The Hall–Kier alpha value is -5.74. The number of amides is 4. The highest BCUT2D eigenvalue weighted by atomic mass is 32.1. The lowest BCUT2D eigenvalue weighted by Gasteiger charge is -2.21. The number of rotatable bonds is 15. The predicted molar refractivity (Wildman–Crippen MR) is 249 cm³/mol. The molecule has 0 radical (unpaired) electrons. The van der Waals surface area contributed by atoms with Gasteiger partial charge in [-0.3, -0.25) is 9.59 Å². The lowest BCUT2D eigenvalue weighted by molar-refractivity contribution is -0.131. The molecule has 0 saturated carbocycles. The summed E-state index contributed by atoms with van der Waals surface area (Å²) in [5.74, 6) is 0.720. The van der Waals surface area contributed by atoms with Gasteiger partial charge in [0.05, 0.1) is 44.0 Å². The SMILES string of the molecule is CC.CCC.CCC.CCCN(Cc1ncc(-c2ccc(-c3ccc(-c4cnc(CN(CCC)C(=O)CNC(=O)O)[nH]4)c4sccc34)c3sccc23)[nH]1)C(=O)CNC(=O)OC. The topological polar surface area (TPSA) is 186 Å². The fourth-order valence-corrected chi connectivity index (χ4v) is 8.16. The van der Waals surface area contributed by atoms with Crippen LogP contribution in [0.5, 0.6) is 0 Å². The minimum atomic E-state index is -1.24. The highest BCUT2D eigenvalue weighted by Gasteiger charge is 2.21.